The lowest BCUT2D eigenvalue weighted by atomic mass is 10.1. The summed E-state index contributed by atoms with van der Waals surface area (Å²) in [5.74, 6) is 0. The van der Waals surface area contributed by atoms with Crippen molar-refractivity contribution in [3.63, 3.8) is 0 Å². The van der Waals surface area contributed by atoms with E-state index in [9.17, 15) is 5.11 Å². The molecule has 4 heteroatoms. The Kier molecular flexibility index (Phi) is 4.26. The predicted octanol–water partition coefficient (Wildman–Crippen LogP) is 2.44. The van der Waals surface area contributed by atoms with E-state index in [0.29, 0.717) is 17.3 Å². The van der Waals surface area contributed by atoms with Gasteiger partial charge in [-0.15, -0.1) is 0 Å². The highest BCUT2D eigenvalue weighted by atomic mass is 35.5. The number of aliphatic hydroxyl groups excluding tert-OH is 1. The molecule has 1 aromatic carbocycles. The second-order valence-electron chi connectivity index (χ2n) is 4.66. The number of hydrogen-bond acceptors (Lipinski definition) is 3. The molecule has 1 aliphatic heterocycles. The number of anilines is 1. The van der Waals surface area contributed by atoms with Gasteiger partial charge in [-0.25, -0.2) is 0 Å². The fraction of sp³-hybridized carbons (Fsp3) is 0.538. The summed E-state index contributed by atoms with van der Waals surface area (Å²) in [6, 6.07) is 5.34. The van der Waals surface area contributed by atoms with Crippen LogP contribution in [0.15, 0.2) is 18.2 Å². The van der Waals surface area contributed by atoms with Crippen molar-refractivity contribution in [3.8, 4) is 0 Å². The Hall–Kier alpha value is -0.770. The maximum Gasteiger partial charge on any atom is 0.0917 e. The standard InChI is InChI=1S/C13H19ClN2O/c14-11-5-4-10(8-12(11)15)13(17)9-16-6-2-1-3-7-16/h4-5,8,13,17H,1-3,6-7,9,15H2. The first-order valence-electron chi connectivity index (χ1n) is 6.12. The fourth-order valence-corrected chi connectivity index (χ4v) is 2.38. The van der Waals surface area contributed by atoms with Gasteiger partial charge in [0, 0.05) is 6.54 Å². The Morgan fingerprint density at radius 1 is 1.29 bits per heavy atom. The van der Waals surface area contributed by atoms with Gasteiger partial charge in [-0.05, 0) is 43.6 Å². The molecule has 0 aliphatic carbocycles. The van der Waals surface area contributed by atoms with Crippen LogP contribution in [0, 0.1) is 0 Å². The van der Waals surface area contributed by atoms with Crippen molar-refractivity contribution >= 4 is 17.3 Å². The van der Waals surface area contributed by atoms with Crippen LogP contribution in [0.1, 0.15) is 30.9 Å². The van der Waals surface area contributed by atoms with Crippen LogP contribution in [0.25, 0.3) is 0 Å². The third-order valence-corrected chi connectivity index (χ3v) is 3.63. The Labute approximate surface area is 107 Å². The highest BCUT2D eigenvalue weighted by Gasteiger charge is 2.16. The Morgan fingerprint density at radius 2 is 2.00 bits per heavy atom. The van der Waals surface area contributed by atoms with Crippen LogP contribution in [0.2, 0.25) is 5.02 Å². The molecule has 1 atom stereocenters. The molecule has 94 valence electrons. The number of halogens is 1. The smallest absolute Gasteiger partial charge is 0.0917 e. The summed E-state index contributed by atoms with van der Waals surface area (Å²) in [6.45, 7) is 2.85. The molecular formula is C13H19ClN2O. The highest BCUT2D eigenvalue weighted by molar-refractivity contribution is 6.33. The van der Waals surface area contributed by atoms with Crippen LogP contribution < -0.4 is 5.73 Å². The molecule has 1 unspecified atom stereocenters. The van der Waals surface area contributed by atoms with Gasteiger partial charge >= 0.3 is 0 Å². The molecule has 0 spiro atoms. The van der Waals surface area contributed by atoms with E-state index < -0.39 is 6.10 Å². The van der Waals surface area contributed by atoms with Crippen LogP contribution >= 0.6 is 11.6 Å². The van der Waals surface area contributed by atoms with Gasteiger partial charge in [-0.1, -0.05) is 24.1 Å². The molecule has 1 saturated heterocycles. The summed E-state index contributed by atoms with van der Waals surface area (Å²) in [6.07, 6.45) is 3.29. The number of rotatable bonds is 3. The maximum atomic E-state index is 10.1. The molecule has 1 heterocycles. The quantitative estimate of drug-likeness (QED) is 0.815. The molecule has 0 aromatic heterocycles. The van der Waals surface area contributed by atoms with Crippen LogP contribution in [0.4, 0.5) is 5.69 Å². The van der Waals surface area contributed by atoms with Crippen molar-refractivity contribution in [1.82, 2.24) is 4.90 Å². The Morgan fingerprint density at radius 3 is 2.65 bits per heavy atom. The molecule has 1 aromatic rings. The number of piperidine rings is 1. The van der Waals surface area contributed by atoms with E-state index in [4.69, 9.17) is 17.3 Å². The molecule has 1 fully saturated rings. The minimum absolute atomic E-state index is 0.479. The van der Waals surface area contributed by atoms with Crippen LogP contribution in [-0.4, -0.2) is 29.6 Å². The molecule has 17 heavy (non-hydrogen) atoms. The van der Waals surface area contributed by atoms with Crippen LogP contribution in [-0.2, 0) is 0 Å². The average molecular weight is 255 g/mol. The van der Waals surface area contributed by atoms with Crippen molar-refractivity contribution < 1.29 is 5.11 Å². The van der Waals surface area contributed by atoms with Gasteiger partial charge in [-0.3, -0.25) is 0 Å². The van der Waals surface area contributed by atoms with Crippen molar-refractivity contribution in [3.05, 3.63) is 28.8 Å². The molecule has 0 saturated carbocycles. The lowest BCUT2D eigenvalue weighted by Crippen LogP contribution is -2.33. The Bertz CT molecular complexity index is 378. The Balaban J connectivity index is 1.98. The summed E-state index contributed by atoms with van der Waals surface area (Å²) in [5, 5.41) is 10.7. The average Bonchev–Trinajstić information content (AvgIpc) is 2.34. The maximum absolute atomic E-state index is 10.1. The molecule has 0 radical (unpaired) electrons. The van der Waals surface area contributed by atoms with E-state index in [-0.39, 0.29) is 0 Å². The summed E-state index contributed by atoms with van der Waals surface area (Å²) < 4.78 is 0. The second kappa shape index (κ2) is 5.71. The number of likely N-dealkylation sites (tertiary alicyclic amines) is 1. The second-order valence-corrected chi connectivity index (χ2v) is 5.07. The van der Waals surface area contributed by atoms with Crippen molar-refractivity contribution in [1.29, 1.82) is 0 Å². The minimum Gasteiger partial charge on any atom is -0.398 e. The van der Waals surface area contributed by atoms with E-state index in [1.165, 1.54) is 19.3 Å². The third-order valence-electron chi connectivity index (χ3n) is 3.28. The van der Waals surface area contributed by atoms with Gasteiger partial charge in [0.05, 0.1) is 16.8 Å². The molecule has 0 amide bonds. The van der Waals surface area contributed by atoms with E-state index in [1.807, 2.05) is 6.07 Å². The first kappa shape index (κ1) is 12.7. The molecule has 3 nitrogen and oxygen atoms in total. The van der Waals surface area contributed by atoms with E-state index in [0.717, 1.165) is 18.7 Å². The van der Waals surface area contributed by atoms with Gasteiger partial charge < -0.3 is 15.7 Å². The number of benzene rings is 1. The molecular weight excluding hydrogens is 236 g/mol. The number of nitrogens with zero attached hydrogens (tertiary/aromatic N) is 1. The number of nitrogen functional groups attached to an aromatic ring is 1. The largest absolute Gasteiger partial charge is 0.398 e. The van der Waals surface area contributed by atoms with Gasteiger partial charge in [-0.2, -0.15) is 0 Å². The van der Waals surface area contributed by atoms with E-state index in [2.05, 4.69) is 4.90 Å². The summed E-state index contributed by atoms with van der Waals surface area (Å²) >= 11 is 5.86. The highest BCUT2D eigenvalue weighted by Crippen LogP contribution is 2.24. The monoisotopic (exact) mass is 254 g/mol. The molecule has 1 aliphatic rings. The summed E-state index contributed by atoms with van der Waals surface area (Å²) in [5.41, 5.74) is 7.11. The zero-order valence-electron chi connectivity index (χ0n) is 9.90. The lowest BCUT2D eigenvalue weighted by Gasteiger charge is -2.28. The van der Waals surface area contributed by atoms with Gasteiger partial charge in [0.25, 0.3) is 0 Å². The number of nitrogens with two attached hydrogens (primary N) is 1. The van der Waals surface area contributed by atoms with Crippen molar-refractivity contribution in [2.45, 2.75) is 25.4 Å². The van der Waals surface area contributed by atoms with Gasteiger partial charge in [0.1, 0.15) is 0 Å². The molecule has 0 bridgehead atoms. The summed E-state index contributed by atoms with van der Waals surface area (Å²) in [7, 11) is 0. The molecule has 3 N–H and O–H groups in total. The van der Waals surface area contributed by atoms with Gasteiger partial charge in [0.15, 0.2) is 0 Å². The fourth-order valence-electron chi connectivity index (χ4n) is 2.26. The zero-order chi connectivity index (χ0) is 12.3. The van der Waals surface area contributed by atoms with Crippen molar-refractivity contribution in [2.24, 2.45) is 0 Å². The number of aliphatic hydroxyl groups is 1. The zero-order valence-corrected chi connectivity index (χ0v) is 10.7. The topological polar surface area (TPSA) is 49.5 Å². The normalized spacial score (nSPS) is 19.2. The first-order valence-corrected chi connectivity index (χ1v) is 6.50. The molecule has 2 rings (SSSR count). The van der Waals surface area contributed by atoms with E-state index in [1.54, 1.807) is 12.1 Å². The van der Waals surface area contributed by atoms with Crippen LogP contribution in [0.3, 0.4) is 0 Å². The third kappa shape index (κ3) is 3.35. The van der Waals surface area contributed by atoms with Crippen LogP contribution in [0.5, 0.6) is 0 Å². The van der Waals surface area contributed by atoms with E-state index >= 15 is 0 Å². The lowest BCUT2D eigenvalue weighted by molar-refractivity contribution is 0.101. The number of β-amino-alcohol motifs (C(OH)–C–C–N with tert-alkyl or cyclic N) is 1. The van der Waals surface area contributed by atoms with Gasteiger partial charge in [0.2, 0.25) is 0 Å². The SMILES string of the molecule is Nc1cc(C(O)CN2CCCCC2)ccc1Cl. The minimum atomic E-state index is -0.479. The van der Waals surface area contributed by atoms with Crippen molar-refractivity contribution in [2.75, 3.05) is 25.4 Å². The predicted molar refractivity (Wildman–Crippen MR) is 71.1 cm³/mol. The summed E-state index contributed by atoms with van der Waals surface area (Å²) in [4.78, 5) is 2.30. The first-order chi connectivity index (χ1) is 8.16. The number of hydrogen-bond donors (Lipinski definition) is 2.